The largest absolute Gasteiger partial charge is 0.472 e. The summed E-state index contributed by atoms with van der Waals surface area (Å²) >= 11 is 0. The molecule has 0 aliphatic carbocycles. The number of ether oxygens (including phenoxy) is 4. The molecular weight excluding hydrogens is 1340 g/mol. The van der Waals surface area contributed by atoms with Crippen molar-refractivity contribution >= 4 is 39.5 Å². The lowest BCUT2D eigenvalue weighted by molar-refractivity contribution is -0.161. The second kappa shape index (κ2) is 75.5. The van der Waals surface area contributed by atoms with Crippen molar-refractivity contribution in [3.05, 3.63) is 0 Å². The molecule has 0 aromatic heterocycles. The number of hydrogen-bond donors (Lipinski definition) is 3. The molecule has 0 aromatic carbocycles. The Hall–Kier alpha value is -1.94. The van der Waals surface area contributed by atoms with Crippen LogP contribution in [0.25, 0.3) is 0 Å². The minimum absolute atomic E-state index is 0.107. The zero-order chi connectivity index (χ0) is 75.6. The molecule has 0 saturated heterocycles. The van der Waals surface area contributed by atoms with E-state index in [0.717, 1.165) is 102 Å². The molecule has 103 heavy (non-hydrogen) atoms. The summed E-state index contributed by atoms with van der Waals surface area (Å²) in [5.41, 5.74) is 0. The van der Waals surface area contributed by atoms with Crippen molar-refractivity contribution in [2.45, 2.75) is 464 Å². The zero-order valence-electron chi connectivity index (χ0n) is 67.6. The van der Waals surface area contributed by atoms with Crippen LogP contribution in [0, 0.1) is 11.8 Å². The number of aliphatic hydroxyl groups is 1. The summed E-state index contributed by atoms with van der Waals surface area (Å²) in [5, 5.41) is 10.7. The number of aliphatic hydroxyl groups excluding tert-OH is 1. The van der Waals surface area contributed by atoms with Crippen LogP contribution in [-0.2, 0) is 65.4 Å². The smallest absolute Gasteiger partial charge is 0.462 e. The SMILES string of the molecule is CCCCCCCCCCCCCC(=O)OC[C@H](COP(=O)(O)OC[C@H](O)COP(=O)(O)OC[C@@H](COC(=O)CCCCCCCCCCCCCCCCCCC(C)C)OC(=O)CCCCCCCCCCCCCCCCCCCCC(C)CC)OC(=O)CCCCCCCCCCCCC. The molecule has 0 fully saturated rings. The second-order valence-corrected chi connectivity index (χ2v) is 33.8. The highest BCUT2D eigenvalue weighted by Gasteiger charge is 2.30. The Bertz CT molecular complexity index is 1980. The van der Waals surface area contributed by atoms with Gasteiger partial charge in [0.05, 0.1) is 26.4 Å². The molecule has 0 bridgehead atoms. The monoisotopic (exact) mass is 1510 g/mol. The molecule has 0 rings (SSSR count). The van der Waals surface area contributed by atoms with Gasteiger partial charge in [0.15, 0.2) is 12.2 Å². The summed E-state index contributed by atoms with van der Waals surface area (Å²) in [6.45, 7) is 9.74. The Morgan fingerprint density at radius 1 is 0.282 bits per heavy atom. The fourth-order valence-corrected chi connectivity index (χ4v) is 14.6. The molecule has 3 N–H and O–H groups in total. The molecule has 612 valence electrons. The predicted molar refractivity (Wildman–Crippen MR) is 423 cm³/mol. The van der Waals surface area contributed by atoms with E-state index in [1.807, 2.05) is 0 Å². The molecule has 17 nitrogen and oxygen atoms in total. The summed E-state index contributed by atoms with van der Waals surface area (Å²) < 4.78 is 68.8. The lowest BCUT2D eigenvalue weighted by Gasteiger charge is -2.21. The van der Waals surface area contributed by atoms with Crippen LogP contribution in [0.1, 0.15) is 446 Å². The van der Waals surface area contributed by atoms with Gasteiger partial charge in [-0.2, -0.15) is 0 Å². The Labute approximate surface area is 632 Å². The summed E-state index contributed by atoms with van der Waals surface area (Å²) in [6, 6.07) is 0. The Kier molecular flexibility index (Phi) is 74.1. The maximum Gasteiger partial charge on any atom is 0.472 e. The van der Waals surface area contributed by atoms with Gasteiger partial charge in [-0.05, 0) is 37.5 Å². The molecule has 0 saturated carbocycles. The van der Waals surface area contributed by atoms with Crippen molar-refractivity contribution in [3.63, 3.8) is 0 Å². The molecule has 0 amide bonds. The van der Waals surface area contributed by atoms with E-state index in [4.69, 9.17) is 37.0 Å². The maximum absolute atomic E-state index is 13.1. The highest BCUT2D eigenvalue weighted by atomic mass is 31.2. The van der Waals surface area contributed by atoms with E-state index in [9.17, 15) is 43.2 Å². The molecule has 0 aromatic rings. The van der Waals surface area contributed by atoms with Crippen LogP contribution in [0.4, 0.5) is 0 Å². The maximum atomic E-state index is 13.1. The van der Waals surface area contributed by atoms with Gasteiger partial charge < -0.3 is 33.8 Å². The van der Waals surface area contributed by atoms with Gasteiger partial charge in [-0.1, -0.05) is 395 Å². The number of unbranched alkanes of at least 4 members (excludes halogenated alkanes) is 52. The minimum atomic E-state index is -4.96. The van der Waals surface area contributed by atoms with Crippen molar-refractivity contribution < 1.29 is 80.2 Å². The Balaban J connectivity index is 5.20. The fourth-order valence-electron chi connectivity index (χ4n) is 13.0. The summed E-state index contributed by atoms with van der Waals surface area (Å²) in [6.07, 6.45) is 66.6. The van der Waals surface area contributed by atoms with Gasteiger partial charge in [-0.15, -0.1) is 0 Å². The van der Waals surface area contributed by atoms with Gasteiger partial charge in [0.25, 0.3) is 0 Å². The molecule has 0 aliphatic rings. The third kappa shape index (κ3) is 76.6. The van der Waals surface area contributed by atoms with E-state index < -0.39 is 97.5 Å². The minimum Gasteiger partial charge on any atom is -0.462 e. The third-order valence-corrected chi connectivity index (χ3v) is 22.0. The average molecular weight is 1510 g/mol. The van der Waals surface area contributed by atoms with Gasteiger partial charge >= 0.3 is 39.5 Å². The highest BCUT2D eigenvalue weighted by Crippen LogP contribution is 2.45. The number of hydrogen-bond acceptors (Lipinski definition) is 15. The van der Waals surface area contributed by atoms with Crippen LogP contribution in [0.5, 0.6) is 0 Å². The molecule has 6 atom stereocenters. The fraction of sp³-hybridized carbons (Fsp3) is 0.952. The topological polar surface area (TPSA) is 237 Å². The summed E-state index contributed by atoms with van der Waals surface area (Å²) in [7, 11) is -9.92. The van der Waals surface area contributed by atoms with Gasteiger partial charge in [-0.25, -0.2) is 9.13 Å². The predicted octanol–water partition coefficient (Wildman–Crippen LogP) is 25.5. The first-order valence-electron chi connectivity index (χ1n) is 43.5. The van der Waals surface area contributed by atoms with E-state index in [-0.39, 0.29) is 25.7 Å². The van der Waals surface area contributed by atoms with Crippen LogP contribution in [0.3, 0.4) is 0 Å². The molecule has 0 aliphatic heterocycles. The quantitative estimate of drug-likeness (QED) is 0.0222. The Morgan fingerprint density at radius 3 is 0.738 bits per heavy atom. The normalized spacial score (nSPS) is 14.1. The van der Waals surface area contributed by atoms with Crippen molar-refractivity contribution in [1.82, 2.24) is 0 Å². The number of carbonyl (C=O) groups is 4. The second-order valence-electron chi connectivity index (χ2n) is 30.9. The molecule has 0 radical (unpaired) electrons. The van der Waals surface area contributed by atoms with Crippen molar-refractivity contribution in [2.24, 2.45) is 11.8 Å². The zero-order valence-corrected chi connectivity index (χ0v) is 69.4. The van der Waals surface area contributed by atoms with E-state index in [2.05, 4.69) is 41.5 Å². The number of phosphoric acid groups is 2. The average Bonchev–Trinajstić information content (AvgIpc) is 1.01. The van der Waals surface area contributed by atoms with E-state index in [1.54, 1.807) is 0 Å². The number of carbonyl (C=O) groups excluding carboxylic acids is 4. The lowest BCUT2D eigenvalue weighted by atomic mass is 9.99. The lowest BCUT2D eigenvalue weighted by Crippen LogP contribution is -2.30. The number of phosphoric ester groups is 2. The van der Waals surface area contributed by atoms with Crippen LogP contribution in [-0.4, -0.2) is 96.7 Å². The molecule has 0 heterocycles. The van der Waals surface area contributed by atoms with Crippen LogP contribution >= 0.6 is 15.6 Å². The number of esters is 4. The first-order chi connectivity index (χ1) is 49.9. The molecular formula is C84H164O17P2. The van der Waals surface area contributed by atoms with E-state index in [0.29, 0.717) is 25.7 Å². The standard InChI is InChI=1S/C84H164O17P2/c1-7-10-12-14-16-18-34-42-48-54-60-66-81(86)94-72-79(100-83(88)68-62-56-50-44-35-19-17-15-13-11-8-2)74-98-102(90,91)96-70-78(85)71-97-103(92,93)99-75-80(73-95-82(87)67-61-55-49-43-38-32-28-25-24-26-30-36-40-46-52-58-64-76(4)5)101-84(89)69-63-57-51-45-39-33-29-23-21-20-22-27-31-37-41-47-53-59-65-77(6)9-3/h76-80,85H,7-75H2,1-6H3,(H,90,91)(H,92,93)/t77?,78-,79+,80+/m0/s1. The summed E-state index contributed by atoms with van der Waals surface area (Å²) in [4.78, 5) is 73.1. The van der Waals surface area contributed by atoms with Crippen molar-refractivity contribution in [2.75, 3.05) is 39.6 Å². The van der Waals surface area contributed by atoms with Gasteiger partial charge in [0, 0.05) is 25.7 Å². The van der Waals surface area contributed by atoms with Gasteiger partial charge in [0.2, 0.25) is 0 Å². The van der Waals surface area contributed by atoms with Crippen LogP contribution in [0.15, 0.2) is 0 Å². The first-order valence-corrected chi connectivity index (χ1v) is 46.5. The number of rotatable bonds is 83. The van der Waals surface area contributed by atoms with Crippen LogP contribution in [0.2, 0.25) is 0 Å². The summed E-state index contributed by atoms with van der Waals surface area (Å²) in [5.74, 6) is -0.420. The Morgan fingerprint density at radius 2 is 0.495 bits per heavy atom. The molecule has 0 spiro atoms. The third-order valence-electron chi connectivity index (χ3n) is 20.1. The first kappa shape index (κ1) is 101. The van der Waals surface area contributed by atoms with Crippen molar-refractivity contribution in [1.29, 1.82) is 0 Å². The molecule has 3 unspecified atom stereocenters. The van der Waals surface area contributed by atoms with Crippen LogP contribution < -0.4 is 0 Å². The van der Waals surface area contributed by atoms with Gasteiger partial charge in [0.1, 0.15) is 19.3 Å². The van der Waals surface area contributed by atoms with Crippen molar-refractivity contribution in [3.8, 4) is 0 Å². The van der Waals surface area contributed by atoms with E-state index in [1.165, 1.54) is 263 Å². The van der Waals surface area contributed by atoms with Gasteiger partial charge in [-0.3, -0.25) is 37.3 Å². The molecule has 19 heteroatoms. The highest BCUT2D eigenvalue weighted by molar-refractivity contribution is 7.47. The van der Waals surface area contributed by atoms with E-state index >= 15 is 0 Å².